The van der Waals surface area contributed by atoms with Crippen LogP contribution < -0.4 is 4.74 Å². The summed E-state index contributed by atoms with van der Waals surface area (Å²) in [6, 6.07) is 4.32. The fraction of sp³-hybridized carbons (Fsp3) is 0.182. The molecule has 4 nitrogen and oxygen atoms in total. The highest BCUT2D eigenvalue weighted by molar-refractivity contribution is 8.07. The quantitative estimate of drug-likeness (QED) is 0.859. The largest absolute Gasteiger partial charge is 0.487 e. The van der Waals surface area contributed by atoms with Crippen LogP contribution in [0, 0.1) is 0 Å². The SMILES string of the molecule is O=S1(=O)C=NC(COc2cccc(C(F)(F)F)c2)=C1. The predicted octanol–water partition coefficient (Wildman–Crippen LogP) is 2.38. The van der Waals surface area contributed by atoms with E-state index in [1.54, 1.807) is 0 Å². The highest BCUT2D eigenvalue weighted by Crippen LogP contribution is 2.31. The zero-order chi connectivity index (χ0) is 14.1. The Balaban J connectivity index is 2.08. The molecular formula is C11H8F3NO3S. The second-order valence-electron chi connectivity index (χ2n) is 3.75. The molecule has 0 atom stereocenters. The van der Waals surface area contributed by atoms with Crippen molar-refractivity contribution in [1.82, 2.24) is 0 Å². The summed E-state index contributed by atoms with van der Waals surface area (Å²) >= 11 is 0. The lowest BCUT2D eigenvalue weighted by Crippen LogP contribution is -2.05. The minimum absolute atomic E-state index is 0.00442. The number of halogens is 3. The van der Waals surface area contributed by atoms with Crippen LogP contribution >= 0.6 is 0 Å². The molecule has 1 heterocycles. The number of sulfone groups is 1. The number of hydrogen-bond acceptors (Lipinski definition) is 4. The van der Waals surface area contributed by atoms with Crippen LogP contribution in [0.2, 0.25) is 0 Å². The zero-order valence-corrected chi connectivity index (χ0v) is 10.2. The minimum atomic E-state index is -4.45. The van der Waals surface area contributed by atoms with Crippen molar-refractivity contribution in [3.8, 4) is 5.75 Å². The third kappa shape index (κ3) is 3.57. The van der Waals surface area contributed by atoms with Crippen molar-refractivity contribution in [2.45, 2.75) is 6.18 Å². The molecule has 1 aromatic carbocycles. The van der Waals surface area contributed by atoms with Crippen molar-refractivity contribution >= 4 is 15.4 Å². The molecule has 8 heteroatoms. The fourth-order valence-corrected chi connectivity index (χ4v) is 2.23. The molecule has 0 amide bonds. The van der Waals surface area contributed by atoms with Crippen LogP contribution in [0.1, 0.15) is 5.56 Å². The molecule has 0 unspecified atom stereocenters. The lowest BCUT2D eigenvalue weighted by atomic mass is 10.2. The third-order valence-electron chi connectivity index (χ3n) is 2.21. The smallest absolute Gasteiger partial charge is 0.416 e. The lowest BCUT2D eigenvalue weighted by molar-refractivity contribution is -0.137. The van der Waals surface area contributed by atoms with Crippen molar-refractivity contribution < 1.29 is 26.3 Å². The molecule has 19 heavy (non-hydrogen) atoms. The van der Waals surface area contributed by atoms with E-state index in [-0.39, 0.29) is 18.1 Å². The maximum atomic E-state index is 12.4. The van der Waals surface area contributed by atoms with Gasteiger partial charge in [0.1, 0.15) is 17.9 Å². The van der Waals surface area contributed by atoms with Crippen LogP contribution in [0.5, 0.6) is 5.75 Å². The Hall–Kier alpha value is -1.83. The number of hydrogen-bond donors (Lipinski definition) is 0. The van der Waals surface area contributed by atoms with Gasteiger partial charge in [-0.05, 0) is 18.2 Å². The van der Waals surface area contributed by atoms with Crippen molar-refractivity contribution in [2.75, 3.05) is 6.61 Å². The topological polar surface area (TPSA) is 55.7 Å². The Morgan fingerprint density at radius 1 is 1.26 bits per heavy atom. The molecule has 0 fully saturated rings. The Bertz CT molecular complexity index is 647. The Kier molecular flexibility index (Phi) is 3.36. The number of ether oxygens (including phenoxy) is 1. The first-order valence-electron chi connectivity index (χ1n) is 5.06. The Morgan fingerprint density at radius 3 is 2.58 bits per heavy atom. The molecule has 2 rings (SSSR count). The summed E-state index contributed by atoms with van der Waals surface area (Å²) in [5.41, 5.74) is 0.0663. The van der Waals surface area contributed by atoms with Crippen molar-refractivity contribution in [2.24, 2.45) is 4.99 Å². The molecule has 0 radical (unpaired) electrons. The van der Waals surface area contributed by atoms with E-state index in [0.717, 1.165) is 23.1 Å². The van der Waals surface area contributed by atoms with E-state index in [0.29, 0.717) is 0 Å². The summed E-state index contributed by atoms with van der Waals surface area (Å²) in [6.45, 7) is -0.211. The molecule has 1 aliphatic heterocycles. The van der Waals surface area contributed by atoms with Crippen LogP contribution in [0.4, 0.5) is 13.2 Å². The first kappa shape index (κ1) is 13.6. The number of aliphatic imine (C=N–C) groups is 1. The van der Waals surface area contributed by atoms with Crippen LogP contribution in [0.25, 0.3) is 0 Å². The Labute approximate surface area is 107 Å². The van der Waals surface area contributed by atoms with Gasteiger partial charge < -0.3 is 4.74 Å². The van der Waals surface area contributed by atoms with Crippen molar-refractivity contribution in [3.63, 3.8) is 0 Å². The molecule has 0 saturated carbocycles. The number of nitrogens with zero attached hydrogens (tertiary/aromatic N) is 1. The molecule has 0 spiro atoms. The molecule has 1 aliphatic rings. The second kappa shape index (κ2) is 4.69. The Morgan fingerprint density at radius 2 is 2.00 bits per heavy atom. The number of alkyl halides is 3. The van der Waals surface area contributed by atoms with E-state index < -0.39 is 21.6 Å². The molecule has 1 aromatic rings. The van der Waals surface area contributed by atoms with E-state index in [1.807, 2.05) is 0 Å². The van der Waals surface area contributed by atoms with Gasteiger partial charge in [-0.1, -0.05) is 6.07 Å². The lowest BCUT2D eigenvalue weighted by Gasteiger charge is -2.09. The van der Waals surface area contributed by atoms with Crippen LogP contribution in [0.3, 0.4) is 0 Å². The van der Waals surface area contributed by atoms with Gasteiger partial charge in [-0.25, -0.2) is 13.4 Å². The predicted molar refractivity (Wildman–Crippen MR) is 62.4 cm³/mol. The molecule has 0 saturated heterocycles. The maximum absolute atomic E-state index is 12.4. The zero-order valence-electron chi connectivity index (χ0n) is 9.39. The van der Waals surface area contributed by atoms with Crippen LogP contribution in [0.15, 0.2) is 40.4 Å². The average Bonchev–Trinajstić information content (AvgIpc) is 2.66. The number of rotatable bonds is 3. The van der Waals surface area contributed by atoms with Crippen molar-refractivity contribution in [1.29, 1.82) is 0 Å². The normalized spacial score (nSPS) is 17.3. The van der Waals surface area contributed by atoms with Gasteiger partial charge in [0.15, 0.2) is 0 Å². The average molecular weight is 291 g/mol. The van der Waals surface area contributed by atoms with E-state index in [2.05, 4.69) is 4.99 Å². The summed E-state index contributed by atoms with van der Waals surface area (Å²) in [4.78, 5) is 3.58. The standard InChI is InChI=1S/C11H8F3NO3S/c12-11(13,14)8-2-1-3-10(4-8)18-5-9-6-19(16,17)7-15-9/h1-4,6-7H,5H2. The van der Waals surface area contributed by atoms with Gasteiger partial charge in [0.2, 0.25) is 9.84 Å². The van der Waals surface area contributed by atoms with Gasteiger partial charge in [-0.2, -0.15) is 13.2 Å². The summed E-state index contributed by atoms with van der Waals surface area (Å²) < 4.78 is 64.4. The summed E-state index contributed by atoms with van der Waals surface area (Å²) in [5, 5.41) is 0.903. The van der Waals surface area contributed by atoms with Gasteiger partial charge in [0.05, 0.1) is 16.7 Å². The first-order valence-corrected chi connectivity index (χ1v) is 6.67. The van der Waals surface area contributed by atoms with Crippen LogP contribution in [-0.2, 0) is 16.0 Å². The van der Waals surface area contributed by atoms with Crippen molar-refractivity contribution in [3.05, 3.63) is 40.9 Å². The molecule has 0 aromatic heterocycles. The summed E-state index contributed by atoms with van der Waals surface area (Å²) in [7, 11) is -3.44. The van der Waals surface area contributed by atoms with E-state index in [9.17, 15) is 21.6 Å². The van der Waals surface area contributed by atoms with E-state index >= 15 is 0 Å². The highest BCUT2D eigenvalue weighted by Gasteiger charge is 2.30. The monoisotopic (exact) mass is 291 g/mol. The molecule has 102 valence electrons. The second-order valence-corrected chi connectivity index (χ2v) is 5.37. The number of benzene rings is 1. The van der Waals surface area contributed by atoms with E-state index in [4.69, 9.17) is 4.74 Å². The highest BCUT2D eigenvalue weighted by atomic mass is 32.2. The first-order chi connectivity index (χ1) is 8.76. The van der Waals surface area contributed by atoms with E-state index in [1.165, 1.54) is 12.1 Å². The van der Waals surface area contributed by atoms with Gasteiger partial charge >= 0.3 is 6.18 Å². The maximum Gasteiger partial charge on any atom is 0.416 e. The fourth-order valence-electron chi connectivity index (χ4n) is 1.38. The summed E-state index contributed by atoms with van der Waals surface area (Å²) in [5.74, 6) is -0.00442. The molecule has 0 aliphatic carbocycles. The van der Waals surface area contributed by atoms with Gasteiger partial charge in [0, 0.05) is 0 Å². The van der Waals surface area contributed by atoms with Crippen LogP contribution in [-0.4, -0.2) is 20.6 Å². The molecule has 0 N–H and O–H groups in total. The summed E-state index contributed by atoms with van der Waals surface area (Å²) in [6.07, 6.45) is -4.45. The van der Waals surface area contributed by atoms with Gasteiger partial charge in [-0.15, -0.1) is 0 Å². The van der Waals surface area contributed by atoms with Gasteiger partial charge in [-0.3, -0.25) is 0 Å². The van der Waals surface area contributed by atoms with Gasteiger partial charge in [0.25, 0.3) is 0 Å². The third-order valence-corrected chi connectivity index (χ3v) is 3.21. The molecular weight excluding hydrogens is 283 g/mol. The molecule has 0 bridgehead atoms. The minimum Gasteiger partial charge on any atom is -0.487 e.